The number of carbonyl (C=O) groups is 5. The topological polar surface area (TPSA) is 165 Å². The average molecular weight is 932 g/mol. The highest BCUT2D eigenvalue weighted by molar-refractivity contribution is 7.98. The molecule has 16 heteroatoms. The van der Waals surface area contributed by atoms with E-state index in [0.29, 0.717) is 43.7 Å². The molecule has 0 bridgehead atoms. The minimum absolute atomic E-state index is 0.00698. The lowest BCUT2D eigenvalue weighted by atomic mass is 9.74. The zero-order valence-corrected chi connectivity index (χ0v) is 41.6. The van der Waals surface area contributed by atoms with Crippen molar-refractivity contribution in [3.05, 3.63) is 66.7 Å². The number of ether oxygens (including phenoxy) is 1. The monoisotopic (exact) mass is 931 g/mol. The molecule has 0 aliphatic carbocycles. The Balaban J connectivity index is 1.12. The molecule has 0 spiro atoms. The molecule has 5 unspecified atom stereocenters. The number of fused-ring (bicyclic) bond motifs is 5. The highest BCUT2D eigenvalue weighted by Crippen LogP contribution is 2.44. The van der Waals surface area contributed by atoms with Crippen LogP contribution in [0.3, 0.4) is 0 Å². The minimum Gasteiger partial charge on any atom is -0.379 e. The lowest BCUT2D eigenvalue weighted by molar-refractivity contribution is -0.140. The summed E-state index contributed by atoms with van der Waals surface area (Å²) in [5.41, 5.74) is 3.61. The van der Waals surface area contributed by atoms with Gasteiger partial charge in [-0.15, -0.1) is 11.7 Å². The molecule has 1 aromatic heterocycles. The number of hydrogen-bond acceptors (Lipinski definition) is 10. The lowest BCUT2D eigenvalue weighted by Crippen LogP contribution is -2.41. The Bertz CT molecular complexity index is 2160. The lowest BCUT2D eigenvalue weighted by Gasteiger charge is -2.31. The van der Waals surface area contributed by atoms with Crippen molar-refractivity contribution < 1.29 is 33.2 Å². The van der Waals surface area contributed by atoms with E-state index in [4.69, 9.17) is 14.4 Å². The van der Waals surface area contributed by atoms with E-state index in [0.717, 1.165) is 41.0 Å². The maximum atomic E-state index is 14.1. The molecule has 1 fully saturated rings. The summed E-state index contributed by atoms with van der Waals surface area (Å²) in [5, 5.41) is 15.1. The molecular formula is C49H70N7O7PS. The Hall–Kier alpha value is -4.43. The predicted molar refractivity (Wildman–Crippen MR) is 260 cm³/mol. The van der Waals surface area contributed by atoms with E-state index in [9.17, 15) is 24.0 Å². The molecule has 3 heterocycles. The molecule has 0 radical (unpaired) electrons. The van der Waals surface area contributed by atoms with Gasteiger partial charge in [-0.1, -0.05) is 81.4 Å². The first kappa shape index (κ1) is 51.6. The fourth-order valence-electron chi connectivity index (χ4n) is 9.05. The van der Waals surface area contributed by atoms with Crippen LogP contribution in [0.2, 0.25) is 0 Å². The number of amides is 5. The SMILES string of the molecule is C=CC(C(C)CCCSC)C1C(=O)N(CCC(=O)NCOP(C)CC(C)(C)C(=O)NCCC(=O)N2Cc3ccccc3-c3c(nnn3C(C)(C)COCC)-c3ccccc32)C(=O)C1CC. The molecular weight excluding hydrogens is 862 g/mol. The summed E-state index contributed by atoms with van der Waals surface area (Å²) in [6, 6.07) is 15.7. The smallest absolute Gasteiger partial charge is 0.233 e. The van der Waals surface area contributed by atoms with Gasteiger partial charge in [0.05, 0.1) is 41.9 Å². The summed E-state index contributed by atoms with van der Waals surface area (Å²) in [5.74, 6) is -0.878. The summed E-state index contributed by atoms with van der Waals surface area (Å²) >= 11 is 1.79. The summed E-state index contributed by atoms with van der Waals surface area (Å²) < 4.78 is 13.7. The number of para-hydroxylation sites is 1. The van der Waals surface area contributed by atoms with Crippen molar-refractivity contribution in [3.8, 4) is 22.5 Å². The van der Waals surface area contributed by atoms with E-state index in [1.807, 2.05) is 93.6 Å². The van der Waals surface area contributed by atoms with Gasteiger partial charge < -0.3 is 24.8 Å². The Morgan fingerprint density at radius 3 is 2.42 bits per heavy atom. The Morgan fingerprint density at radius 1 is 1.02 bits per heavy atom. The standard InChI is InChI=1S/C49H70N7O7PS/c1-11-35(33(4)19-18-28-65-10)42-36(12-2)45(59)54(46(42)60)27-25-40(57)51-32-63-64(9)31-48(5,6)47(61)50-26-24-41(58)55-29-34-20-14-15-21-37(34)44-43(38-22-16-17-23-39(38)55)52-53-56(44)49(7,8)30-62-13-3/h11,14-17,20-23,33,35-36,42H,1,12-13,18-19,24-32H2,2-10H3,(H,50,61)(H,51,57). The number of anilines is 1. The fraction of sp³-hybridized carbons (Fsp3) is 0.571. The molecule has 14 nitrogen and oxygen atoms in total. The van der Waals surface area contributed by atoms with Gasteiger partial charge in [-0.2, -0.15) is 11.8 Å². The number of benzene rings is 2. The quantitative estimate of drug-likeness (QED) is 0.0297. The van der Waals surface area contributed by atoms with E-state index in [1.165, 1.54) is 4.90 Å². The molecule has 0 saturated carbocycles. The third kappa shape index (κ3) is 12.3. The Morgan fingerprint density at radius 2 is 1.72 bits per heavy atom. The van der Waals surface area contributed by atoms with Crippen molar-refractivity contribution in [1.29, 1.82) is 0 Å². The summed E-state index contributed by atoms with van der Waals surface area (Å²) in [6.45, 7) is 21.2. The molecule has 5 atom stereocenters. The van der Waals surface area contributed by atoms with Gasteiger partial charge in [0.2, 0.25) is 29.5 Å². The number of carbonyl (C=O) groups excluding carboxylic acids is 5. The number of thioether (sulfide) groups is 1. The normalized spacial score (nSPS) is 17.6. The minimum atomic E-state index is -1.13. The largest absolute Gasteiger partial charge is 0.379 e. The van der Waals surface area contributed by atoms with Crippen molar-refractivity contribution in [2.24, 2.45) is 29.1 Å². The van der Waals surface area contributed by atoms with Gasteiger partial charge in [0.15, 0.2) is 0 Å². The van der Waals surface area contributed by atoms with Crippen LogP contribution in [0, 0.1) is 29.1 Å². The van der Waals surface area contributed by atoms with Crippen molar-refractivity contribution >= 4 is 55.1 Å². The highest BCUT2D eigenvalue weighted by Gasteiger charge is 2.50. The number of rotatable bonds is 24. The first-order valence-corrected chi connectivity index (χ1v) is 26.2. The van der Waals surface area contributed by atoms with Gasteiger partial charge in [-0.3, -0.25) is 28.9 Å². The van der Waals surface area contributed by atoms with E-state index in [-0.39, 0.29) is 74.0 Å². The van der Waals surface area contributed by atoms with Gasteiger partial charge in [0.1, 0.15) is 12.4 Å². The maximum absolute atomic E-state index is 14.1. The highest BCUT2D eigenvalue weighted by atomic mass is 32.2. The van der Waals surface area contributed by atoms with Gasteiger partial charge >= 0.3 is 0 Å². The number of hydrogen-bond donors (Lipinski definition) is 2. The number of aromatic nitrogens is 3. The number of imide groups is 1. The zero-order chi connectivity index (χ0) is 47.5. The second-order valence-electron chi connectivity index (χ2n) is 18.4. The summed E-state index contributed by atoms with van der Waals surface area (Å²) in [7, 11) is -1.13. The molecule has 5 rings (SSSR count). The van der Waals surface area contributed by atoms with Crippen LogP contribution in [0.1, 0.15) is 86.1 Å². The number of allylic oxidation sites excluding steroid dienone is 1. The van der Waals surface area contributed by atoms with Crippen LogP contribution >= 0.6 is 19.9 Å². The Labute approximate surface area is 391 Å². The van der Waals surface area contributed by atoms with Crippen molar-refractivity contribution in [1.82, 2.24) is 30.5 Å². The average Bonchev–Trinajstić information content (AvgIpc) is 3.82. The van der Waals surface area contributed by atoms with E-state index in [1.54, 1.807) is 16.7 Å². The molecule has 2 N–H and O–H groups in total. The zero-order valence-electron chi connectivity index (χ0n) is 39.9. The van der Waals surface area contributed by atoms with Gasteiger partial charge in [-0.25, -0.2) is 4.68 Å². The van der Waals surface area contributed by atoms with Gasteiger partial charge in [0, 0.05) is 63.4 Å². The van der Waals surface area contributed by atoms with Crippen LogP contribution in [0.5, 0.6) is 0 Å². The molecule has 2 aliphatic rings. The van der Waals surface area contributed by atoms with Crippen LogP contribution in [0.15, 0.2) is 61.2 Å². The van der Waals surface area contributed by atoms with Gasteiger partial charge in [0.25, 0.3) is 0 Å². The molecule has 3 aromatic rings. The van der Waals surface area contributed by atoms with Crippen LogP contribution in [0.4, 0.5) is 5.69 Å². The Kier molecular flexibility index (Phi) is 18.5. The van der Waals surface area contributed by atoms with Crippen LogP contribution in [-0.2, 0) is 45.3 Å². The van der Waals surface area contributed by atoms with Crippen molar-refractivity contribution in [2.45, 2.75) is 92.7 Å². The van der Waals surface area contributed by atoms with Crippen LogP contribution < -0.4 is 15.5 Å². The molecule has 354 valence electrons. The van der Waals surface area contributed by atoms with Crippen molar-refractivity contribution in [3.63, 3.8) is 0 Å². The first-order chi connectivity index (χ1) is 31.0. The molecule has 65 heavy (non-hydrogen) atoms. The van der Waals surface area contributed by atoms with Crippen LogP contribution in [-0.4, -0.2) is 107 Å². The molecule has 5 amide bonds. The summed E-state index contributed by atoms with van der Waals surface area (Å²) in [4.78, 5) is 70.6. The molecule has 2 aliphatic heterocycles. The third-order valence-electron chi connectivity index (χ3n) is 12.6. The number of nitrogens with zero attached hydrogens (tertiary/aromatic N) is 5. The molecule has 1 saturated heterocycles. The third-order valence-corrected chi connectivity index (χ3v) is 15.1. The first-order valence-electron chi connectivity index (χ1n) is 22.9. The summed E-state index contributed by atoms with van der Waals surface area (Å²) in [6.07, 6.45) is 6.89. The van der Waals surface area contributed by atoms with E-state index in [2.05, 4.69) is 49.5 Å². The molecule has 2 aromatic carbocycles. The number of likely N-dealkylation sites (tertiary alicyclic amines) is 1. The number of nitrogens with one attached hydrogen (secondary N) is 2. The van der Waals surface area contributed by atoms with E-state index >= 15 is 0 Å². The van der Waals surface area contributed by atoms with Crippen LogP contribution in [0.25, 0.3) is 22.5 Å². The fourth-order valence-corrected chi connectivity index (χ4v) is 11.1. The second kappa shape index (κ2) is 23.3. The van der Waals surface area contributed by atoms with Gasteiger partial charge in [-0.05, 0) is 82.2 Å². The second-order valence-corrected chi connectivity index (χ2v) is 21.2. The van der Waals surface area contributed by atoms with E-state index < -0.39 is 30.9 Å². The predicted octanol–water partition coefficient (Wildman–Crippen LogP) is 7.86. The maximum Gasteiger partial charge on any atom is 0.233 e. The van der Waals surface area contributed by atoms with Crippen molar-refractivity contribution in [2.75, 3.05) is 62.8 Å².